The molecule has 0 saturated heterocycles. The highest BCUT2D eigenvalue weighted by Crippen LogP contribution is 2.39. The number of fused-ring (bicyclic) bond motifs is 4. The number of benzene rings is 2. The Morgan fingerprint density at radius 1 is 1.00 bits per heavy atom. The maximum absolute atomic E-state index is 5.84. The van der Waals surface area contributed by atoms with Crippen LogP contribution in [0.25, 0.3) is 22.2 Å². The van der Waals surface area contributed by atoms with Crippen LogP contribution in [0, 0.1) is 6.92 Å². The normalized spacial score (nSPS) is 12.7. The second-order valence-electron chi connectivity index (χ2n) is 4.87. The Kier molecular flexibility index (Phi) is 2.12. The Morgan fingerprint density at radius 3 is 2.74 bits per heavy atom. The van der Waals surface area contributed by atoms with E-state index in [4.69, 9.17) is 9.72 Å². The zero-order chi connectivity index (χ0) is 12.8. The number of pyridine rings is 1. The van der Waals surface area contributed by atoms with Gasteiger partial charge in [-0.25, -0.2) is 4.98 Å². The van der Waals surface area contributed by atoms with Gasteiger partial charge in [-0.3, -0.25) is 0 Å². The number of hydrogen-bond acceptors (Lipinski definition) is 2. The molecule has 0 saturated carbocycles. The van der Waals surface area contributed by atoms with Gasteiger partial charge in [-0.15, -0.1) is 0 Å². The van der Waals surface area contributed by atoms with Gasteiger partial charge in [0.2, 0.25) is 0 Å². The summed E-state index contributed by atoms with van der Waals surface area (Å²) in [6.07, 6.45) is 0. The van der Waals surface area contributed by atoms with E-state index < -0.39 is 0 Å². The molecule has 0 radical (unpaired) electrons. The van der Waals surface area contributed by atoms with Crippen molar-refractivity contribution in [3.05, 3.63) is 59.7 Å². The molecule has 1 aliphatic rings. The van der Waals surface area contributed by atoms with E-state index in [1.807, 2.05) is 24.3 Å². The molecule has 92 valence electrons. The molecule has 3 aromatic rings. The SMILES string of the molecule is Cc1c2c(nc3ccccc13)-c1ccccc1OC2. The van der Waals surface area contributed by atoms with Gasteiger partial charge < -0.3 is 4.74 Å². The molecular formula is C17H13NO. The summed E-state index contributed by atoms with van der Waals surface area (Å²) in [5.41, 5.74) is 5.69. The molecule has 1 aromatic heterocycles. The first-order chi connectivity index (χ1) is 9.34. The van der Waals surface area contributed by atoms with Crippen molar-refractivity contribution in [3.8, 4) is 17.0 Å². The Bertz CT molecular complexity index is 792. The van der Waals surface area contributed by atoms with Gasteiger partial charge in [-0.2, -0.15) is 0 Å². The lowest BCUT2D eigenvalue weighted by atomic mass is 9.96. The number of ether oxygens (including phenoxy) is 1. The van der Waals surface area contributed by atoms with Crippen LogP contribution in [0.2, 0.25) is 0 Å². The Labute approximate surface area is 111 Å². The lowest BCUT2D eigenvalue weighted by Gasteiger charge is -2.22. The minimum absolute atomic E-state index is 0.607. The van der Waals surface area contributed by atoms with E-state index in [0.717, 1.165) is 22.5 Å². The Morgan fingerprint density at radius 2 is 1.79 bits per heavy atom. The molecule has 0 spiro atoms. The van der Waals surface area contributed by atoms with E-state index in [-0.39, 0.29) is 0 Å². The van der Waals surface area contributed by atoms with E-state index in [2.05, 4.69) is 31.2 Å². The predicted molar refractivity (Wildman–Crippen MR) is 76.2 cm³/mol. The maximum atomic E-state index is 5.84. The van der Waals surface area contributed by atoms with Gasteiger partial charge in [0.1, 0.15) is 12.4 Å². The number of aromatic nitrogens is 1. The number of aryl methyl sites for hydroxylation is 1. The van der Waals surface area contributed by atoms with Crippen LogP contribution in [0.1, 0.15) is 11.1 Å². The molecule has 19 heavy (non-hydrogen) atoms. The van der Waals surface area contributed by atoms with Crippen molar-refractivity contribution in [2.45, 2.75) is 13.5 Å². The molecular weight excluding hydrogens is 234 g/mol. The minimum Gasteiger partial charge on any atom is -0.488 e. The largest absolute Gasteiger partial charge is 0.488 e. The fourth-order valence-corrected chi connectivity index (χ4v) is 2.75. The van der Waals surface area contributed by atoms with Crippen LogP contribution >= 0.6 is 0 Å². The molecule has 0 fully saturated rings. The fraction of sp³-hybridized carbons (Fsp3) is 0.118. The van der Waals surface area contributed by atoms with Crippen molar-refractivity contribution in [1.29, 1.82) is 0 Å². The van der Waals surface area contributed by atoms with E-state index in [1.54, 1.807) is 0 Å². The summed E-state index contributed by atoms with van der Waals surface area (Å²) >= 11 is 0. The highest BCUT2D eigenvalue weighted by atomic mass is 16.5. The van der Waals surface area contributed by atoms with Crippen molar-refractivity contribution < 1.29 is 4.74 Å². The summed E-state index contributed by atoms with van der Waals surface area (Å²) in [5, 5.41) is 1.21. The topological polar surface area (TPSA) is 22.1 Å². The number of hydrogen-bond donors (Lipinski definition) is 0. The maximum Gasteiger partial charge on any atom is 0.129 e. The molecule has 1 aliphatic heterocycles. The van der Waals surface area contributed by atoms with Crippen LogP contribution < -0.4 is 4.74 Å². The van der Waals surface area contributed by atoms with E-state index >= 15 is 0 Å². The second-order valence-corrected chi connectivity index (χ2v) is 4.87. The predicted octanol–water partition coefficient (Wildman–Crippen LogP) is 4.10. The second kappa shape index (κ2) is 3.82. The smallest absolute Gasteiger partial charge is 0.129 e. The molecule has 0 bridgehead atoms. The first-order valence-corrected chi connectivity index (χ1v) is 6.45. The van der Waals surface area contributed by atoms with Crippen LogP contribution in [0.3, 0.4) is 0 Å². The third kappa shape index (κ3) is 1.46. The highest BCUT2D eigenvalue weighted by molar-refractivity contribution is 5.88. The summed E-state index contributed by atoms with van der Waals surface area (Å²) in [6.45, 7) is 2.76. The highest BCUT2D eigenvalue weighted by Gasteiger charge is 2.21. The lowest BCUT2D eigenvalue weighted by molar-refractivity contribution is 0.301. The molecule has 2 heteroatoms. The van der Waals surface area contributed by atoms with Gasteiger partial charge in [0.25, 0.3) is 0 Å². The quantitative estimate of drug-likeness (QED) is 0.596. The van der Waals surface area contributed by atoms with E-state index in [1.165, 1.54) is 16.5 Å². The van der Waals surface area contributed by atoms with Crippen LogP contribution in [-0.4, -0.2) is 4.98 Å². The first-order valence-electron chi connectivity index (χ1n) is 6.45. The van der Waals surface area contributed by atoms with Gasteiger partial charge in [0.15, 0.2) is 0 Å². The molecule has 2 heterocycles. The van der Waals surface area contributed by atoms with Gasteiger partial charge >= 0.3 is 0 Å². The van der Waals surface area contributed by atoms with Crippen molar-refractivity contribution in [2.75, 3.05) is 0 Å². The van der Waals surface area contributed by atoms with Gasteiger partial charge in [-0.1, -0.05) is 30.3 Å². The standard InChI is InChI=1S/C17H13NO/c1-11-12-6-2-4-8-15(12)18-17-13-7-3-5-9-16(13)19-10-14(11)17/h2-9H,10H2,1H3. The number of rotatable bonds is 0. The Balaban J connectivity index is 2.11. The third-order valence-corrected chi connectivity index (χ3v) is 3.79. The molecule has 0 unspecified atom stereocenters. The van der Waals surface area contributed by atoms with E-state index in [9.17, 15) is 0 Å². The molecule has 0 N–H and O–H groups in total. The van der Waals surface area contributed by atoms with Crippen molar-refractivity contribution in [1.82, 2.24) is 4.98 Å². The number of nitrogens with zero attached hydrogens (tertiary/aromatic N) is 1. The van der Waals surface area contributed by atoms with Crippen molar-refractivity contribution in [2.24, 2.45) is 0 Å². The molecule has 0 aliphatic carbocycles. The van der Waals surface area contributed by atoms with Crippen LogP contribution in [0.5, 0.6) is 5.75 Å². The molecule has 2 nitrogen and oxygen atoms in total. The lowest BCUT2D eigenvalue weighted by Crippen LogP contribution is -2.09. The van der Waals surface area contributed by atoms with Gasteiger partial charge in [-0.05, 0) is 30.7 Å². The molecule has 2 aromatic carbocycles. The minimum atomic E-state index is 0.607. The average Bonchev–Trinajstić information content (AvgIpc) is 2.47. The van der Waals surface area contributed by atoms with E-state index in [0.29, 0.717) is 6.61 Å². The van der Waals surface area contributed by atoms with Gasteiger partial charge in [0.05, 0.1) is 11.2 Å². The Hall–Kier alpha value is -2.35. The van der Waals surface area contributed by atoms with Crippen LogP contribution in [0.15, 0.2) is 48.5 Å². The fourth-order valence-electron chi connectivity index (χ4n) is 2.75. The first kappa shape index (κ1) is 10.6. The van der Waals surface area contributed by atoms with Crippen LogP contribution in [0.4, 0.5) is 0 Å². The monoisotopic (exact) mass is 247 g/mol. The number of para-hydroxylation sites is 2. The zero-order valence-electron chi connectivity index (χ0n) is 10.7. The van der Waals surface area contributed by atoms with Crippen molar-refractivity contribution in [3.63, 3.8) is 0 Å². The summed E-state index contributed by atoms with van der Waals surface area (Å²) in [5.74, 6) is 0.928. The average molecular weight is 247 g/mol. The van der Waals surface area contributed by atoms with Crippen molar-refractivity contribution >= 4 is 10.9 Å². The summed E-state index contributed by atoms with van der Waals surface area (Å²) in [6, 6.07) is 16.4. The summed E-state index contributed by atoms with van der Waals surface area (Å²) in [7, 11) is 0. The zero-order valence-corrected chi connectivity index (χ0v) is 10.7. The van der Waals surface area contributed by atoms with Gasteiger partial charge in [0, 0.05) is 16.5 Å². The van der Waals surface area contributed by atoms with Crippen LogP contribution in [-0.2, 0) is 6.61 Å². The summed E-state index contributed by atoms with van der Waals surface area (Å²) < 4.78 is 5.84. The third-order valence-electron chi connectivity index (χ3n) is 3.79. The molecule has 0 atom stereocenters. The summed E-state index contributed by atoms with van der Waals surface area (Å²) in [4.78, 5) is 4.84. The molecule has 4 rings (SSSR count). The molecule has 0 amide bonds.